The Balaban J connectivity index is 0.683. The van der Waals surface area contributed by atoms with E-state index in [1.165, 1.54) is 29.7 Å². The Morgan fingerprint density at radius 1 is 0.734 bits per heavy atom. The van der Waals surface area contributed by atoms with Crippen molar-refractivity contribution in [3.8, 4) is 39.4 Å². The average Bonchev–Trinajstić information content (AvgIpc) is 4.23. The lowest BCUT2D eigenvalue weighted by atomic mass is 9.97. The van der Waals surface area contributed by atoms with Crippen molar-refractivity contribution < 1.29 is 47.7 Å². The summed E-state index contributed by atoms with van der Waals surface area (Å²) in [6.45, 7) is 12.5. The minimum atomic E-state index is -1.10. The molecule has 5 amide bonds. The van der Waals surface area contributed by atoms with Crippen LogP contribution in [0.5, 0.6) is 5.75 Å². The number of hydrogen-bond acceptors (Lipinski definition) is 14. The van der Waals surface area contributed by atoms with Crippen molar-refractivity contribution in [3.05, 3.63) is 143 Å². The lowest BCUT2D eigenvalue weighted by Gasteiger charge is -2.27. The maximum Gasteiger partial charge on any atom is 0.264 e. The number of pyridine rings is 3. The molecular weight excluding hydrogens is 1000 g/mol. The highest BCUT2D eigenvalue weighted by molar-refractivity contribution is 6.26. The molecule has 9 rings (SSSR count). The van der Waals surface area contributed by atoms with Gasteiger partial charge in [-0.1, -0.05) is 56.3 Å². The summed E-state index contributed by atoms with van der Waals surface area (Å²) in [5.74, 6) is -0.746. The monoisotopic (exact) mass is 1070 g/mol. The number of nitrogens with zero attached hydrogens (tertiary/aromatic N) is 4. The number of amides is 5. The van der Waals surface area contributed by atoms with Gasteiger partial charge in [0.25, 0.3) is 11.8 Å². The van der Waals surface area contributed by atoms with Crippen molar-refractivity contribution in [3.63, 3.8) is 0 Å². The van der Waals surface area contributed by atoms with Gasteiger partial charge in [0, 0.05) is 77.3 Å². The Kier molecular flexibility index (Phi) is 18.8. The number of benzene rings is 3. The maximum absolute atomic E-state index is 13.3. The molecule has 0 bridgehead atoms. The van der Waals surface area contributed by atoms with Crippen molar-refractivity contribution >= 4 is 53.1 Å². The third kappa shape index (κ3) is 14.0. The zero-order valence-corrected chi connectivity index (χ0v) is 45.2. The van der Waals surface area contributed by atoms with Crippen LogP contribution in [0.25, 0.3) is 45.8 Å². The number of rotatable bonds is 27. The van der Waals surface area contributed by atoms with Crippen LogP contribution in [-0.2, 0) is 33.3 Å². The minimum Gasteiger partial charge on any atom is -0.493 e. The van der Waals surface area contributed by atoms with Gasteiger partial charge in [-0.3, -0.25) is 49.1 Å². The van der Waals surface area contributed by atoms with Crippen LogP contribution < -0.4 is 20.7 Å². The molecule has 3 atom stereocenters. The molecule has 0 radical (unpaired) electrons. The second-order valence-electron chi connectivity index (χ2n) is 20.0. The van der Waals surface area contributed by atoms with Gasteiger partial charge in [-0.25, -0.2) is 0 Å². The van der Waals surface area contributed by atoms with E-state index in [2.05, 4.69) is 91.1 Å². The van der Waals surface area contributed by atoms with Crippen molar-refractivity contribution in [2.45, 2.75) is 71.8 Å². The van der Waals surface area contributed by atoms with E-state index in [0.717, 1.165) is 79.0 Å². The fourth-order valence-corrected chi connectivity index (χ4v) is 9.87. The van der Waals surface area contributed by atoms with Crippen LogP contribution in [0.4, 0.5) is 11.4 Å². The first-order chi connectivity index (χ1) is 38.5. The van der Waals surface area contributed by atoms with E-state index >= 15 is 0 Å². The van der Waals surface area contributed by atoms with Gasteiger partial charge < -0.3 is 34.3 Å². The molecule has 1 saturated heterocycles. The largest absolute Gasteiger partial charge is 0.493 e. The van der Waals surface area contributed by atoms with Gasteiger partial charge in [0.15, 0.2) is 0 Å². The number of ether oxygens (including phenoxy) is 5. The molecule has 2 aliphatic heterocycles. The van der Waals surface area contributed by atoms with Crippen molar-refractivity contribution in [1.82, 2.24) is 25.2 Å². The molecule has 3 aliphatic rings. The fraction of sp³-hybridized carbons (Fsp3) is 0.355. The van der Waals surface area contributed by atoms with Crippen LogP contribution in [-0.4, -0.2) is 121 Å². The van der Waals surface area contributed by atoms with Gasteiger partial charge in [-0.2, -0.15) is 0 Å². The Labute approximate surface area is 460 Å². The van der Waals surface area contributed by atoms with E-state index in [0.29, 0.717) is 58.7 Å². The summed E-state index contributed by atoms with van der Waals surface area (Å²) in [6, 6.07) is 24.6. The third-order valence-corrected chi connectivity index (χ3v) is 14.1. The molecular formula is C62H67N7O10. The standard InChI is InChI=1S/C62H67N7O10/c1-5-22-79-54-35-47(64-21-24-76-26-28-78-30-29-77-27-25-75-23-19-56(71)67-52-10-6-9-50-57(52)62(74)69(61(50)73)53-17-18-55(70)68-60(53)72)14-16-49(54)58-41(4)32-46(38-65-58)59-43(34-45(37-66-59)44-8-7-20-63-36-44)13-11-42-12-15-48(39(2)31-42)51-33-40(51)3/h6-16,20,31-32,34-38,40,51,53,64H,5,17-19,21-30,33H2,1-4H3,(H,67,71)(H,68,70,72)/b13-11+/t40?,51-,53?/m0/s1. The highest BCUT2D eigenvalue weighted by Gasteiger charge is 2.46. The summed E-state index contributed by atoms with van der Waals surface area (Å²) >= 11 is 0. The van der Waals surface area contributed by atoms with Crippen molar-refractivity contribution in [1.29, 1.82) is 0 Å². The zero-order valence-electron chi connectivity index (χ0n) is 45.2. The number of nitrogens with one attached hydrogen (secondary N) is 3. The molecule has 2 unspecified atom stereocenters. The molecule has 79 heavy (non-hydrogen) atoms. The number of carbonyl (C=O) groups excluding carboxylic acids is 5. The Morgan fingerprint density at radius 3 is 2.19 bits per heavy atom. The van der Waals surface area contributed by atoms with E-state index in [-0.39, 0.29) is 49.3 Å². The Hall–Kier alpha value is -7.96. The fourth-order valence-electron chi connectivity index (χ4n) is 9.87. The molecule has 3 aromatic carbocycles. The van der Waals surface area contributed by atoms with E-state index < -0.39 is 35.6 Å². The van der Waals surface area contributed by atoms with E-state index in [9.17, 15) is 24.0 Å². The minimum absolute atomic E-state index is 0.00494. The number of hydrogen-bond donors (Lipinski definition) is 3. The summed E-state index contributed by atoms with van der Waals surface area (Å²) in [4.78, 5) is 78.4. The van der Waals surface area contributed by atoms with Gasteiger partial charge in [0.2, 0.25) is 17.7 Å². The maximum atomic E-state index is 13.3. The van der Waals surface area contributed by atoms with Crippen LogP contribution in [0.1, 0.15) is 100 Å². The average molecular weight is 1070 g/mol. The number of fused-ring (bicyclic) bond motifs is 1. The van der Waals surface area contributed by atoms with Crippen LogP contribution in [0.2, 0.25) is 0 Å². The van der Waals surface area contributed by atoms with Crippen LogP contribution in [0.15, 0.2) is 104 Å². The first kappa shape index (κ1) is 55.8. The molecule has 2 fully saturated rings. The number of aromatic nitrogens is 3. The summed E-state index contributed by atoms with van der Waals surface area (Å²) in [7, 11) is 0. The predicted molar refractivity (Wildman–Crippen MR) is 301 cm³/mol. The molecule has 17 nitrogen and oxygen atoms in total. The molecule has 5 heterocycles. The second kappa shape index (κ2) is 26.6. The van der Waals surface area contributed by atoms with Crippen molar-refractivity contribution in [2.24, 2.45) is 5.92 Å². The molecule has 6 aromatic rings. The molecule has 410 valence electrons. The lowest BCUT2D eigenvalue weighted by Crippen LogP contribution is -2.54. The third-order valence-electron chi connectivity index (χ3n) is 14.1. The smallest absolute Gasteiger partial charge is 0.264 e. The predicted octanol–water partition coefficient (Wildman–Crippen LogP) is 9.48. The lowest BCUT2D eigenvalue weighted by molar-refractivity contribution is -0.136. The molecule has 1 saturated carbocycles. The highest BCUT2D eigenvalue weighted by Crippen LogP contribution is 2.48. The summed E-state index contributed by atoms with van der Waals surface area (Å²) < 4.78 is 28.9. The molecule has 3 N–H and O–H groups in total. The van der Waals surface area contributed by atoms with Crippen LogP contribution >= 0.6 is 0 Å². The first-order valence-electron chi connectivity index (χ1n) is 27.1. The molecule has 1 aliphatic carbocycles. The summed E-state index contributed by atoms with van der Waals surface area (Å²) in [6.07, 6.45) is 13.9. The van der Waals surface area contributed by atoms with E-state index in [4.69, 9.17) is 33.7 Å². The van der Waals surface area contributed by atoms with Gasteiger partial charge >= 0.3 is 0 Å². The van der Waals surface area contributed by atoms with E-state index in [1.54, 1.807) is 12.3 Å². The van der Waals surface area contributed by atoms with Crippen LogP contribution in [0, 0.1) is 19.8 Å². The number of carbonyl (C=O) groups is 5. The summed E-state index contributed by atoms with van der Waals surface area (Å²) in [5.41, 5.74) is 12.6. The molecule has 3 aromatic heterocycles. The zero-order chi connectivity index (χ0) is 55.3. The van der Waals surface area contributed by atoms with Crippen molar-refractivity contribution in [2.75, 3.05) is 76.6 Å². The van der Waals surface area contributed by atoms with Gasteiger partial charge in [0.05, 0.1) is 94.1 Å². The second-order valence-corrected chi connectivity index (χ2v) is 20.0. The Morgan fingerprint density at radius 2 is 1.48 bits per heavy atom. The number of aryl methyl sites for hydroxylation is 2. The van der Waals surface area contributed by atoms with Crippen LogP contribution in [0.3, 0.4) is 0 Å². The highest BCUT2D eigenvalue weighted by atomic mass is 16.6. The Bertz CT molecular complexity index is 3220. The molecule has 17 heteroatoms. The normalized spacial score (nSPS) is 16.8. The number of imide groups is 2. The SMILES string of the molecule is CCCOc1cc(NCCOCCOCCOCCOCCC(=O)Nc2cccc3c2C(=O)N(C2CCC(=O)NC2=O)C3=O)ccc1-c1ncc(-c2ncc(-c3cccnc3)cc2/C=C/c2ccc([C@H]3CC3C)c(C)c2)cc1C. The topological polar surface area (TPSA) is 209 Å². The van der Waals surface area contributed by atoms with Gasteiger partial charge in [-0.15, -0.1) is 0 Å². The summed E-state index contributed by atoms with van der Waals surface area (Å²) in [5, 5.41) is 8.30. The number of piperidine rings is 1. The van der Waals surface area contributed by atoms with E-state index in [1.807, 2.05) is 48.9 Å². The quantitative estimate of drug-likeness (QED) is 0.0324. The molecule has 0 spiro atoms. The van der Waals surface area contributed by atoms with Gasteiger partial charge in [0.1, 0.15) is 11.8 Å². The van der Waals surface area contributed by atoms with Gasteiger partial charge in [-0.05, 0) is 110 Å². The first-order valence-corrected chi connectivity index (χ1v) is 27.1. The number of anilines is 2.